The summed E-state index contributed by atoms with van der Waals surface area (Å²) < 4.78 is 0. The molecule has 1 saturated carbocycles. The molecule has 82 valence electrons. The van der Waals surface area contributed by atoms with E-state index in [1.807, 2.05) is 39.6 Å². The summed E-state index contributed by atoms with van der Waals surface area (Å²) >= 11 is 0. The van der Waals surface area contributed by atoms with Gasteiger partial charge >= 0.3 is 0 Å². The van der Waals surface area contributed by atoms with Gasteiger partial charge in [-0.15, -0.1) is 0 Å². The van der Waals surface area contributed by atoms with Crippen LogP contribution in [0.25, 0.3) is 0 Å². The number of carbonyl (C=O) groups is 1. The summed E-state index contributed by atoms with van der Waals surface area (Å²) in [5.41, 5.74) is 5.05. The van der Waals surface area contributed by atoms with Crippen LogP contribution in [0.15, 0.2) is 0 Å². The number of nitrogens with two attached hydrogens (primary N) is 1. The molecule has 1 rings (SSSR count). The van der Waals surface area contributed by atoms with Gasteiger partial charge in [0.05, 0.1) is 5.41 Å². The van der Waals surface area contributed by atoms with Crippen LogP contribution in [0.5, 0.6) is 0 Å². The molecule has 3 heteroatoms. The molecule has 0 spiro atoms. The lowest BCUT2D eigenvalue weighted by Gasteiger charge is -2.39. The lowest BCUT2D eigenvalue weighted by molar-refractivity contribution is -0.142. The van der Waals surface area contributed by atoms with Gasteiger partial charge in [0.25, 0.3) is 0 Å². The first-order valence-electron chi connectivity index (χ1n) is 5.24. The van der Waals surface area contributed by atoms with E-state index in [1.165, 1.54) is 0 Å². The van der Waals surface area contributed by atoms with Gasteiger partial charge in [-0.3, -0.25) is 4.79 Å². The van der Waals surface area contributed by atoms with Crippen molar-refractivity contribution in [1.29, 1.82) is 0 Å². The lowest BCUT2D eigenvalue weighted by Crippen LogP contribution is -2.56. The monoisotopic (exact) mass is 198 g/mol. The minimum atomic E-state index is -0.496. The van der Waals surface area contributed by atoms with Crippen LogP contribution in [-0.2, 0) is 4.79 Å². The highest BCUT2D eigenvalue weighted by molar-refractivity contribution is 5.83. The van der Waals surface area contributed by atoms with Crippen LogP contribution in [0.1, 0.15) is 40.5 Å². The van der Waals surface area contributed by atoms with Crippen molar-refractivity contribution in [2.24, 2.45) is 11.1 Å². The Hall–Kier alpha value is -0.570. The minimum Gasteiger partial charge on any atom is -0.342 e. The van der Waals surface area contributed by atoms with Crippen LogP contribution in [0, 0.1) is 5.41 Å². The summed E-state index contributed by atoms with van der Waals surface area (Å²) in [7, 11) is 1.88. The van der Waals surface area contributed by atoms with Crippen molar-refractivity contribution < 1.29 is 4.79 Å². The highest BCUT2D eigenvalue weighted by Gasteiger charge is 2.44. The fourth-order valence-corrected chi connectivity index (χ4v) is 1.34. The Bertz CT molecular complexity index is 236. The van der Waals surface area contributed by atoms with Crippen molar-refractivity contribution in [2.75, 3.05) is 7.05 Å². The predicted octanol–water partition coefficient (Wildman–Crippen LogP) is 1.37. The first kappa shape index (κ1) is 11.5. The average molecular weight is 198 g/mol. The van der Waals surface area contributed by atoms with Crippen LogP contribution >= 0.6 is 0 Å². The van der Waals surface area contributed by atoms with Gasteiger partial charge in [0.15, 0.2) is 0 Å². The highest BCUT2D eigenvalue weighted by atomic mass is 16.2. The second-order valence-electron chi connectivity index (χ2n) is 5.49. The quantitative estimate of drug-likeness (QED) is 0.744. The highest BCUT2D eigenvalue weighted by Crippen LogP contribution is 2.34. The van der Waals surface area contributed by atoms with E-state index in [0.717, 1.165) is 12.8 Å². The molecule has 0 heterocycles. The van der Waals surface area contributed by atoms with Crippen molar-refractivity contribution >= 4 is 5.91 Å². The third-order valence-electron chi connectivity index (χ3n) is 3.56. The molecule has 0 atom stereocenters. The fourth-order valence-electron chi connectivity index (χ4n) is 1.34. The zero-order valence-electron chi connectivity index (χ0n) is 9.92. The smallest absolute Gasteiger partial charge is 0.230 e. The van der Waals surface area contributed by atoms with Crippen LogP contribution in [0.2, 0.25) is 0 Å². The number of hydrogen-bond donors (Lipinski definition) is 1. The van der Waals surface area contributed by atoms with Crippen LogP contribution in [-0.4, -0.2) is 29.4 Å². The van der Waals surface area contributed by atoms with Gasteiger partial charge < -0.3 is 10.6 Å². The van der Waals surface area contributed by atoms with Crippen molar-refractivity contribution in [3.8, 4) is 0 Å². The second kappa shape index (κ2) is 3.23. The molecule has 0 aromatic rings. The molecule has 0 saturated heterocycles. The standard InChI is InChI=1S/C11H22N2O/c1-10(2,11(3,4)12)9(14)13(5)8-6-7-8/h8H,6-7,12H2,1-5H3. The fraction of sp³-hybridized carbons (Fsp3) is 0.909. The van der Waals surface area contributed by atoms with Gasteiger partial charge in [-0.1, -0.05) is 0 Å². The molecule has 0 unspecified atom stereocenters. The Labute approximate surface area is 86.6 Å². The van der Waals surface area contributed by atoms with Gasteiger partial charge in [0, 0.05) is 18.6 Å². The Morgan fingerprint density at radius 1 is 1.29 bits per heavy atom. The Balaban J connectivity index is 2.76. The number of hydrogen-bond acceptors (Lipinski definition) is 2. The van der Waals surface area contributed by atoms with E-state index < -0.39 is 11.0 Å². The zero-order valence-corrected chi connectivity index (χ0v) is 9.92. The van der Waals surface area contributed by atoms with Crippen molar-refractivity contribution in [3.05, 3.63) is 0 Å². The van der Waals surface area contributed by atoms with Crippen molar-refractivity contribution in [2.45, 2.75) is 52.1 Å². The molecule has 1 fully saturated rings. The Morgan fingerprint density at radius 3 is 2.00 bits per heavy atom. The molecule has 0 bridgehead atoms. The SMILES string of the molecule is CN(C(=O)C(C)(C)C(C)(C)N)C1CC1. The van der Waals surface area contributed by atoms with Gasteiger partial charge in [-0.2, -0.15) is 0 Å². The molecule has 2 N–H and O–H groups in total. The molecule has 1 amide bonds. The van der Waals surface area contributed by atoms with E-state index in [-0.39, 0.29) is 5.91 Å². The Morgan fingerprint density at radius 2 is 1.71 bits per heavy atom. The van der Waals surface area contributed by atoms with E-state index in [0.29, 0.717) is 6.04 Å². The first-order chi connectivity index (χ1) is 6.18. The predicted molar refractivity (Wildman–Crippen MR) is 57.8 cm³/mol. The maximum atomic E-state index is 12.1. The molecule has 14 heavy (non-hydrogen) atoms. The van der Waals surface area contributed by atoms with Gasteiger partial charge in [0.1, 0.15) is 0 Å². The summed E-state index contributed by atoms with van der Waals surface area (Å²) in [5.74, 6) is 0.160. The van der Waals surface area contributed by atoms with E-state index in [9.17, 15) is 4.79 Å². The molecule has 0 radical (unpaired) electrons. The van der Waals surface area contributed by atoms with E-state index in [2.05, 4.69) is 0 Å². The third kappa shape index (κ3) is 1.92. The summed E-state index contributed by atoms with van der Waals surface area (Å²) in [6, 6.07) is 0.462. The number of nitrogens with zero attached hydrogens (tertiary/aromatic N) is 1. The minimum absolute atomic E-state index is 0.160. The molecule has 0 aromatic carbocycles. The summed E-state index contributed by atoms with van der Waals surface area (Å²) in [5, 5.41) is 0. The number of rotatable bonds is 3. The van der Waals surface area contributed by atoms with Gasteiger partial charge in [-0.05, 0) is 40.5 Å². The molecular weight excluding hydrogens is 176 g/mol. The van der Waals surface area contributed by atoms with Crippen LogP contribution < -0.4 is 5.73 Å². The number of carbonyl (C=O) groups excluding carboxylic acids is 1. The largest absolute Gasteiger partial charge is 0.342 e. The molecule has 3 nitrogen and oxygen atoms in total. The van der Waals surface area contributed by atoms with Crippen LogP contribution in [0.3, 0.4) is 0 Å². The normalized spacial score (nSPS) is 18.1. The van der Waals surface area contributed by atoms with E-state index >= 15 is 0 Å². The summed E-state index contributed by atoms with van der Waals surface area (Å²) in [4.78, 5) is 14.0. The van der Waals surface area contributed by atoms with Crippen LogP contribution in [0.4, 0.5) is 0 Å². The second-order valence-corrected chi connectivity index (χ2v) is 5.49. The molecular formula is C11H22N2O. The molecule has 1 aliphatic carbocycles. The topological polar surface area (TPSA) is 46.3 Å². The third-order valence-corrected chi connectivity index (χ3v) is 3.56. The Kier molecular flexibility index (Phi) is 2.65. The van der Waals surface area contributed by atoms with E-state index in [4.69, 9.17) is 5.73 Å². The lowest BCUT2D eigenvalue weighted by atomic mass is 9.74. The van der Waals surface area contributed by atoms with Gasteiger partial charge in [0.2, 0.25) is 5.91 Å². The summed E-state index contributed by atoms with van der Waals surface area (Å²) in [6.45, 7) is 7.67. The molecule has 0 aliphatic heterocycles. The zero-order chi connectivity index (χ0) is 11.1. The maximum absolute atomic E-state index is 12.1. The van der Waals surface area contributed by atoms with E-state index in [1.54, 1.807) is 0 Å². The summed E-state index contributed by atoms with van der Waals surface area (Å²) in [6.07, 6.45) is 2.28. The first-order valence-corrected chi connectivity index (χ1v) is 5.24. The van der Waals surface area contributed by atoms with Crippen molar-refractivity contribution in [1.82, 2.24) is 4.90 Å². The average Bonchev–Trinajstić information content (AvgIpc) is 2.81. The van der Waals surface area contributed by atoms with Gasteiger partial charge in [-0.25, -0.2) is 0 Å². The molecule has 0 aromatic heterocycles. The van der Waals surface area contributed by atoms with Crippen molar-refractivity contribution in [3.63, 3.8) is 0 Å². The molecule has 1 aliphatic rings. The number of amides is 1. The maximum Gasteiger partial charge on any atom is 0.230 e.